The molecule has 21 heavy (non-hydrogen) atoms. The Kier molecular flexibility index (Phi) is 4.76. The van der Waals surface area contributed by atoms with Gasteiger partial charge in [-0.2, -0.15) is 5.10 Å². The summed E-state index contributed by atoms with van der Waals surface area (Å²) in [4.78, 5) is 22.2. The highest BCUT2D eigenvalue weighted by molar-refractivity contribution is 5.83. The van der Waals surface area contributed by atoms with E-state index in [4.69, 9.17) is 15.2 Å². The van der Waals surface area contributed by atoms with Crippen LogP contribution in [0, 0.1) is 5.92 Å². The minimum absolute atomic E-state index is 0.0143. The van der Waals surface area contributed by atoms with E-state index in [1.54, 1.807) is 18.2 Å². The van der Waals surface area contributed by atoms with Crippen LogP contribution >= 0.6 is 0 Å². The molecule has 112 valence electrons. The van der Waals surface area contributed by atoms with Crippen LogP contribution in [0.15, 0.2) is 23.3 Å². The number of carbonyl (C=O) groups is 2. The number of hydrogen-bond acceptors (Lipinski definition) is 5. The average Bonchev–Trinajstić information content (AvgIpc) is 3.26. The Labute approximate surface area is 122 Å². The van der Waals surface area contributed by atoms with E-state index in [2.05, 4.69) is 10.5 Å². The summed E-state index contributed by atoms with van der Waals surface area (Å²) in [6.07, 6.45) is 3.18. The largest absolute Gasteiger partial charge is 0.490 e. The molecule has 0 aliphatic heterocycles. The standard InChI is InChI=1S/C14H17N3O4/c1-2-20-12-7-9(8-16-17-14(15)19)3-6-11(12)21-13(18)10-4-5-10/h3,6-8,10H,2,4-5H2,1H3,(H3,15,17,19). The van der Waals surface area contributed by atoms with Crippen LogP contribution in [0.4, 0.5) is 4.79 Å². The number of esters is 1. The summed E-state index contributed by atoms with van der Waals surface area (Å²) in [5, 5.41) is 3.66. The maximum atomic E-state index is 11.7. The molecule has 2 amide bonds. The van der Waals surface area contributed by atoms with Crippen molar-refractivity contribution in [1.29, 1.82) is 0 Å². The monoisotopic (exact) mass is 291 g/mol. The zero-order valence-corrected chi connectivity index (χ0v) is 11.7. The van der Waals surface area contributed by atoms with Crippen LogP contribution in [0.2, 0.25) is 0 Å². The second-order valence-corrected chi connectivity index (χ2v) is 4.57. The third kappa shape index (κ3) is 4.48. The van der Waals surface area contributed by atoms with E-state index in [1.165, 1.54) is 6.21 Å². The molecular formula is C14H17N3O4. The maximum Gasteiger partial charge on any atom is 0.332 e. The molecule has 1 aliphatic rings. The molecule has 1 aromatic carbocycles. The lowest BCUT2D eigenvalue weighted by atomic mass is 10.2. The Morgan fingerprint density at radius 1 is 1.43 bits per heavy atom. The Hall–Kier alpha value is -2.57. The summed E-state index contributed by atoms with van der Waals surface area (Å²) in [6, 6.07) is 4.26. The van der Waals surface area contributed by atoms with Gasteiger partial charge in [0.1, 0.15) is 0 Å². The van der Waals surface area contributed by atoms with E-state index in [0.717, 1.165) is 12.8 Å². The van der Waals surface area contributed by atoms with Crippen molar-refractivity contribution in [3.05, 3.63) is 23.8 Å². The molecule has 0 bridgehead atoms. The molecule has 0 atom stereocenters. The molecule has 0 radical (unpaired) electrons. The summed E-state index contributed by atoms with van der Waals surface area (Å²) >= 11 is 0. The van der Waals surface area contributed by atoms with Crippen LogP contribution in [0.5, 0.6) is 11.5 Å². The van der Waals surface area contributed by atoms with Gasteiger partial charge in [0.2, 0.25) is 0 Å². The van der Waals surface area contributed by atoms with Gasteiger partial charge in [0, 0.05) is 0 Å². The lowest BCUT2D eigenvalue weighted by Gasteiger charge is -2.11. The van der Waals surface area contributed by atoms with Gasteiger partial charge in [-0.1, -0.05) is 0 Å². The fraction of sp³-hybridized carbons (Fsp3) is 0.357. The zero-order valence-electron chi connectivity index (χ0n) is 11.7. The number of amides is 2. The average molecular weight is 291 g/mol. The topological polar surface area (TPSA) is 103 Å². The SMILES string of the molecule is CCOc1cc(C=NNC(N)=O)ccc1OC(=O)C1CC1. The molecule has 0 aromatic heterocycles. The third-order valence-corrected chi connectivity index (χ3v) is 2.78. The van der Waals surface area contributed by atoms with E-state index in [0.29, 0.717) is 23.7 Å². The summed E-state index contributed by atoms with van der Waals surface area (Å²) in [7, 11) is 0. The van der Waals surface area contributed by atoms with Gasteiger partial charge in [-0.25, -0.2) is 10.2 Å². The summed E-state index contributed by atoms with van der Waals surface area (Å²) in [5.74, 6) is 0.622. The molecule has 7 nitrogen and oxygen atoms in total. The van der Waals surface area contributed by atoms with E-state index in [9.17, 15) is 9.59 Å². The van der Waals surface area contributed by atoms with Crippen molar-refractivity contribution in [2.75, 3.05) is 6.61 Å². The van der Waals surface area contributed by atoms with Gasteiger partial charge in [-0.15, -0.1) is 0 Å². The number of benzene rings is 1. The van der Waals surface area contributed by atoms with Gasteiger partial charge in [0.25, 0.3) is 0 Å². The van der Waals surface area contributed by atoms with E-state index in [1.807, 2.05) is 6.92 Å². The predicted molar refractivity (Wildman–Crippen MR) is 76.3 cm³/mol. The van der Waals surface area contributed by atoms with Crippen molar-refractivity contribution < 1.29 is 19.1 Å². The molecule has 0 heterocycles. The number of urea groups is 1. The quantitative estimate of drug-likeness (QED) is 0.358. The highest BCUT2D eigenvalue weighted by Gasteiger charge is 2.32. The van der Waals surface area contributed by atoms with Crippen LogP contribution in [0.3, 0.4) is 0 Å². The van der Waals surface area contributed by atoms with Crippen LogP contribution in [-0.4, -0.2) is 24.8 Å². The smallest absolute Gasteiger partial charge is 0.332 e. The van der Waals surface area contributed by atoms with Crippen molar-refractivity contribution in [3.63, 3.8) is 0 Å². The first-order valence-corrected chi connectivity index (χ1v) is 6.67. The molecule has 2 rings (SSSR count). The second kappa shape index (κ2) is 6.74. The van der Waals surface area contributed by atoms with Gasteiger partial charge >= 0.3 is 12.0 Å². The van der Waals surface area contributed by atoms with E-state index < -0.39 is 6.03 Å². The summed E-state index contributed by atoms with van der Waals surface area (Å²) in [6.45, 7) is 2.27. The molecule has 7 heteroatoms. The molecular weight excluding hydrogens is 274 g/mol. The van der Waals surface area contributed by atoms with Crippen LogP contribution in [-0.2, 0) is 4.79 Å². The van der Waals surface area contributed by atoms with Gasteiger partial charge in [0.15, 0.2) is 11.5 Å². The second-order valence-electron chi connectivity index (χ2n) is 4.57. The van der Waals surface area contributed by atoms with Crippen molar-refractivity contribution in [2.24, 2.45) is 16.8 Å². The first-order chi connectivity index (χ1) is 10.1. The number of nitrogens with two attached hydrogens (primary N) is 1. The number of rotatable bonds is 6. The molecule has 1 aromatic rings. The number of nitrogens with zero attached hydrogens (tertiary/aromatic N) is 1. The Morgan fingerprint density at radius 3 is 2.81 bits per heavy atom. The van der Waals surface area contributed by atoms with Crippen molar-refractivity contribution in [2.45, 2.75) is 19.8 Å². The zero-order chi connectivity index (χ0) is 15.2. The number of primary amides is 1. The maximum absolute atomic E-state index is 11.7. The Balaban J connectivity index is 2.11. The molecule has 1 saturated carbocycles. The minimum Gasteiger partial charge on any atom is -0.490 e. The van der Waals surface area contributed by atoms with Gasteiger partial charge in [0.05, 0.1) is 18.7 Å². The fourth-order valence-electron chi connectivity index (χ4n) is 1.64. The van der Waals surface area contributed by atoms with E-state index >= 15 is 0 Å². The third-order valence-electron chi connectivity index (χ3n) is 2.78. The van der Waals surface area contributed by atoms with Crippen LogP contribution in [0.1, 0.15) is 25.3 Å². The summed E-state index contributed by atoms with van der Waals surface area (Å²) in [5.41, 5.74) is 7.68. The Morgan fingerprint density at radius 2 is 2.19 bits per heavy atom. The fourth-order valence-corrected chi connectivity index (χ4v) is 1.64. The van der Waals surface area contributed by atoms with Crippen molar-refractivity contribution in [3.8, 4) is 11.5 Å². The molecule has 0 unspecified atom stereocenters. The molecule has 0 spiro atoms. The predicted octanol–water partition coefficient (Wildman–Crippen LogP) is 1.40. The first kappa shape index (κ1) is 14.8. The highest BCUT2D eigenvalue weighted by atomic mass is 16.6. The normalized spacial score (nSPS) is 14.0. The molecule has 1 fully saturated rings. The van der Waals surface area contributed by atoms with Crippen molar-refractivity contribution >= 4 is 18.2 Å². The first-order valence-electron chi connectivity index (χ1n) is 6.67. The number of hydrazone groups is 1. The lowest BCUT2D eigenvalue weighted by Crippen LogP contribution is -2.24. The molecule has 1 aliphatic carbocycles. The minimum atomic E-state index is -0.744. The highest BCUT2D eigenvalue weighted by Crippen LogP contribution is 2.34. The number of nitrogens with one attached hydrogen (secondary N) is 1. The summed E-state index contributed by atoms with van der Waals surface area (Å²) < 4.78 is 10.8. The Bertz CT molecular complexity index is 567. The van der Waals surface area contributed by atoms with Gasteiger partial charge in [-0.3, -0.25) is 4.79 Å². The van der Waals surface area contributed by atoms with Gasteiger partial charge < -0.3 is 15.2 Å². The van der Waals surface area contributed by atoms with Crippen molar-refractivity contribution in [1.82, 2.24) is 5.43 Å². The van der Waals surface area contributed by atoms with Crippen LogP contribution in [0.25, 0.3) is 0 Å². The lowest BCUT2D eigenvalue weighted by molar-refractivity contribution is -0.135. The molecule has 0 saturated heterocycles. The van der Waals surface area contributed by atoms with E-state index in [-0.39, 0.29) is 11.9 Å². The van der Waals surface area contributed by atoms with Gasteiger partial charge in [-0.05, 0) is 43.5 Å². The van der Waals surface area contributed by atoms with Crippen LogP contribution < -0.4 is 20.6 Å². The number of ether oxygens (including phenoxy) is 2. The number of carbonyl (C=O) groups excluding carboxylic acids is 2. The molecule has 3 N–H and O–H groups in total. The number of hydrogen-bond donors (Lipinski definition) is 2.